The fourth-order valence-electron chi connectivity index (χ4n) is 0.256. The van der Waals surface area contributed by atoms with Gasteiger partial charge in [0.1, 0.15) is 0 Å². The second-order valence-corrected chi connectivity index (χ2v) is 1.65. The average molecular weight is 143 g/mol. The number of nitrogens with one attached hydrogen (secondary N) is 1. The molecule has 0 saturated heterocycles. The van der Waals surface area contributed by atoms with Gasteiger partial charge in [-0.3, -0.25) is 5.41 Å². The number of aliphatic carboxylic acids is 1. The quantitative estimate of drug-likeness (QED) is 0.274. The van der Waals surface area contributed by atoms with Crippen LogP contribution in [0.4, 0.5) is 0 Å². The highest BCUT2D eigenvalue weighted by Crippen LogP contribution is 1.80. The number of hydrogen-bond acceptors (Lipinski definition) is 2. The number of rotatable bonds is 2. The zero-order valence-electron chi connectivity index (χ0n) is 5.53. The second kappa shape index (κ2) is 3.49. The standard InChI is InChI=1S/C5H9N3O2/c1-8(5(6)7)3-2-4(9)10/h2-3H,1H3,(H3,6,7)(H,9,10)/b3-2+. The van der Waals surface area contributed by atoms with E-state index in [1.54, 1.807) is 0 Å². The van der Waals surface area contributed by atoms with E-state index in [1.807, 2.05) is 0 Å². The van der Waals surface area contributed by atoms with Crippen LogP contribution in [0.15, 0.2) is 12.3 Å². The lowest BCUT2D eigenvalue weighted by atomic mass is 10.6. The van der Waals surface area contributed by atoms with Crippen molar-refractivity contribution in [1.29, 1.82) is 5.41 Å². The molecular formula is C5H9N3O2. The molecule has 0 aliphatic heterocycles. The summed E-state index contributed by atoms with van der Waals surface area (Å²) in [6.45, 7) is 0. The van der Waals surface area contributed by atoms with Gasteiger partial charge in [-0.05, 0) is 0 Å². The van der Waals surface area contributed by atoms with Crippen LogP contribution in [0.2, 0.25) is 0 Å². The summed E-state index contributed by atoms with van der Waals surface area (Å²) < 4.78 is 0. The maximum atomic E-state index is 9.90. The first-order valence-electron chi connectivity index (χ1n) is 2.52. The van der Waals surface area contributed by atoms with Crippen LogP contribution >= 0.6 is 0 Å². The van der Waals surface area contributed by atoms with Gasteiger partial charge in [-0.1, -0.05) is 0 Å². The predicted octanol–water partition coefficient (Wildman–Crippen LogP) is -0.590. The molecule has 0 aromatic rings. The Morgan fingerprint density at radius 2 is 2.30 bits per heavy atom. The molecule has 0 aromatic carbocycles. The number of nitrogens with two attached hydrogens (primary N) is 1. The van der Waals surface area contributed by atoms with Crippen LogP contribution in [0.1, 0.15) is 0 Å². The molecule has 0 saturated carbocycles. The van der Waals surface area contributed by atoms with Crippen molar-refractivity contribution in [3.05, 3.63) is 12.3 Å². The topological polar surface area (TPSA) is 90.4 Å². The molecule has 0 atom stereocenters. The van der Waals surface area contributed by atoms with E-state index in [0.29, 0.717) is 0 Å². The van der Waals surface area contributed by atoms with Gasteiger partial charge in [0.25, 0.3) is 0 Å². The zero-order chi connectivity index (χ0) is 8.15. The largest absolute Gasteiger partial charge is 0.478 e. The summed E-state index contributed by atoms with van der Waals surface area (Å²) in [5.74, 6) is -1.26. The molecule has 0 aliphatic carbocycles. The van der Waals surface area contributed by atoms with Crippen LogP contribution in [0, 0.1) is 5.41 Å². The highest BCUT2D eigenvalue weighted by Gasteiger charge is 1.92. The summed E-state index contributed by atoms with van der Waals surface area (Å²) >= 11 is 0. The molecule has 0 radical (unpaired) electrons. The van der Waals surface area contributed by atoms with Crippen LogP contribution < -0.4 is 5.73 Å². The summed E-state index contributed by atoms with van der Waals surface area (Å²) in [7, 11) is 1.49. The van der Waals surface area contributed by atoms with Crippen molar-refractivity contribution in [2.45, 2.75) is 0 Å². The number of carbonyl (C=O) groups is 1. The summed E-state index contributed by atoms with van der Waals surface area (Å²) in [5, 5.41) is 14.9. The van der Waals surface area contributed by atoms with E-state index in [2.05, 4.69) is 0 Å². The first-order valence-corrected chi connectivity index (χ1v) is 2.52. The smallest absolute Gasteiger partial charge is 0.329 e. The van der Waals surface area contributed by atoms with E-state index >= 15 is 0 Å². The average Bonchev–Trinajstić information content (AvgIpc) is 1.82. The molecule has 0 fully saturated rings. The maximum Gasteiger partial charge on any atom is 0.329 e. The monoisotopic (exact) mass is 143 g/mol. The molecular weight excluding hydrogens is 134 g/mol. The number of hydrogen-bond donors (Lipinski definition) is 3. The molecule has 56 valence electrons. The van der Waals surface area contributed by atoms with Gasteiger partial charge in [-0.25, -0.2) is 4.79 Å². The van der Waals surface area contributed by atoms with Crippen molar-refractivity contribution in [1.82, 2.24) is 4.90 Å². The minimum absolute atomic E-state index is 0.197. The maximum absolute atomic E-state index is 9.90. The Hall–Kier alpha value is -1.52. The van der Waals surface area contributed by atoms with Crippen LogP contribution in [0.3, 0.4) is 0 Å². The van der Waals surface area contributed by atoms with E-state index in [4.69, 9.17) is 16.2 Å². The Balaban J connectivity index is 3.89. The number of carboxylic acids is 1. The Kier molecular flexibility index (Phi) is 2.96. The Morgan fingerprint density at radius 3 is 2.60 bits per heavy atom. The van der Waals surface area contributed by atoms with Crippen LogP contribution in [-0.4, -0.2) is 29.0 Å². The lowest BCUT2D eigenvalue weighted by molar-refractivity contribution is -0.131. The van der Waals surface area contributed by atoms with Crippen molar-refractivity contribution in [3.63, 3.8) is 0 Å². The SMILES string of the molecule is CN(/C=C/C(=O)O)C(=N)N. The molecule has 0 amide bonds. The Bertz CT molecular complexity index is 176. The van der Waals surface area contributed by atoms with E-state index in [0.717, 1.165) is 6.08 Å². The zero-order valence-corrected chi connectivity index (χ0v) is 5.53. The molecule has 0 aromatic heterocycles. The van der Waals surface area contributed by atoms with Crippen molar-refractivity contribution >= 4 is 11.9 Å². The van der Waals surface area contributed by atoms with Gasteiger partial charge in [0, 0.05) is 19.3 Å². The molecule has 5 nitrogen and oxygen atoms in total. The van der Waals surface area contributed by atoms with Gasteiger partial charge >= 0.3 is 5.97 Å². The molecule has 4 N–H and O–H groups in total. The minimum Gasteiger partial charge on any atom is -0.478 e. The number of guanidine groups is 1. The van der Waals surface area contributed by atoms with Crippen molar-refractivity contribution in [3.8, 4) is 0 Å². The fraction of sp³-hybridized carbons (Fsp3) is 0.200. The lowest BCUT2D eigenvalue weighted by Gasteiger charge is -2.08. The van der Waals surface area contributed by atoms with Gasteiger partial charge < -0.3 is 15.7 Å². The number of carboxylic acid groups (broad SMARTS) is 1. The highest BCUT2D eigenvalue weighted by atomic mass is 16.4. The van der Waals surface area contributed by atoms with Gasteiger partial charge in [-0.2, -0.15) is 0 Å². The van der Waals surface area contributed by atoms with Crippen LogP contribution in [0.25, 0.3) is 0 Å². The summed E-state index contributed by atoms with van der Waals surface area (Å²) in [4.78, 5) is 11.1. The molecule has 0 spiro atoms. The summed E-state index contributed by atoms with van der Waals surface area (Å²) in [6, 6.07) is 0. The molecule has 0 heterocycles. The van der Waals surface area contributed by atoms with Crippen molar-refractivity contribution in [2.75, 3.05) is 7.05 Å². The highest BCUT2D eigenvalue weighted by molar-refractivity contribution is 5.81. The van der Waals surface area contributed by atoms with Crippen molar-refractivity contribution in [2.24, 2.45) is 5.73 Å². The van der Waals surface area contributed by atoms with E-state index in [-0.39, 0.29) is 5.96 Å². The minimum atomic E-state index is -1.06. The molecule has 5 heteroatoms. The lowest BCUT2D eigenvalue weighted by Crippen LogP contribution is -2.28. The van der Waals surface area contributed by atoms with Crippen molar-refractivity contribution < 1.29 is 9.90 Å². The van der Waals surface area contributed by atoms with Gasteiger partial charge in [-0.15, -0.1) is 0 Å². The Labute approximate surface area is 58.3 Å². The Morgan fingerprint density at radius 1 is 1.80 bits per heavy atom. The third kappa shape index (κ3) is 3.48. The first-order chi connectivity index (χ1) is 4.54. The third-order valence-corrected chi connectivity index (χ3v) is 0.821. The van der Waals surface area contributed by atoms with Gasteiger partial charge in [0.05, 0.1) is 0 Å². The first kappa shape index (κ1) is 8.48. The van der Waals surface area contributed by atoms with Gasteiger partial charge in [0.2, 0.25) is 0 Å². The number of nitrogens with zero attached hydrogens (tertiary/aromatic N) is 1. The van der Waals surface area contributed by atoms with Crippen LogP contribution in [0.5, 0.6) is 0 Å². The second-order valence-electron chi connectivity index (χ2n) is 1.65. The fourth-order valence-corrected chi connectivity index (χ4v) is 0.256. The van der Waals surface area contributed by atoms with Crippen LogP contribution in [-0.2, 0) is 4.79 Å². The van der Waals surface area contributed by atoms with Gasteiger partial charge in [0.15, 0.2) is 5.96 Å². The summed E-state index contributed by atoms with van der Waals surface area (Å²) in [5.41, 5.74) is 4.99. The molecule has 0 rings (SSSR count). The van der Waals surface area contributed by atoms with E-state index < -0.39 is 5.97 Å². The predicted molar refractivity (Wildman–Crippen MR) is 36.5 cm³/mol. The molecule has 10 heavy (non-hydrogen) atoms. The van der Waals surface area contributed by atoms with E-state index in [9.17, 15) is 4.79 Å². The molecule has 0 bridgehead atoms. The third-order valence-electron chi connectivity index (χ3n) is 0.821. The normalized spacial score (nSPS) is 9.70. The van der Waals surface area contributed by atoms with E-state index in [1.165, 1.54) is 18.1 Å². The molecule has 0 aliphatic rings. The summed E-state index contributed by atoms with van der Waals surface area (Å²) in [6.07, 6.45) is 2.10. The molecule has 0 unspecified atom stereocenters.